The maximum Gasteiger partial charge on any atom is 0.409 e. The molecule has 7 fully saturated rings. The molecule has 7 aliphatic rings. The molecular weight excluding hydrogens is 1040 g/mol. The number of pyridine rings is 1. The molecule has 0 aliphatic carbocycles. The minimum absolute atomic E-state index is 0.0103. The number of fused-ring (bicyclic) bond motifs is 4. The van der Waals surface area contributed by atoms with E-state index in [-0.39, 0.29) is 89.4 Å². The Morgan fingerprint density at radius 1 is 0.864 bits per heavy atom. The van der Waals surface area contributed by atoms with Crippen LogP contribution in [-0.2, 0) is 27.8 Å². The number of imidazole rings is 1. The van der Waals surface area contributed by atoms with Gasteiger partial charge in [-0.15, -0.1) is 0 Å². The lowest BCUT2D eigenvalue weighted by molar-refractivity contribution is -0.135. The van der Waals surface area contributed by atoms with Gasteiger partial charge in [0.2, 0.25) is 11.8 Å². The molecule has 3 N–H and O–H groups in total. The SMILES string of the molecule is CCc1c(F)ccc2cc(O)cc(-c3ncc4c(N5CCC[C@@](C)(O)C5)nc(OC[C@@]56CCCN5[C@H](COC(=O)N5CCC7(CC5)CN(C5CCN(c8ccc9c(c8)n(C)c(=O)n9C8CCC(=O)NC8=O)CC5)C7)CC6)nc4c3F)c12. The minimum atomic E-state index is -1.00. The smallest absolute Gasteiger partial charge is 0.409 e. The molecule has 7 aliphatic heterocycles. The molecule has 3 amide bonds. The summed E-state index contributed by atoms with van der Waals surface area (Å²) in [6, 6.07) is 11.6. The van der Waals surface area contributed by atoms with Gasteiger partial charge in [0, 0.05) is 95.4 Å². The zero-order chi connectivity index (χ0) is 56.1. The standard InChI is InChI=1S/C60H71F2N11O8/c1-4-41-44(61)9-7-36-27-40(74)29-42(49(36)41)51-50(62)52-43(30-63-51)53(70-21-5-16-58(2,79)32-70)66-55(65-52)81-35-60-17-6-22-72(60)39(13-18-60)31-80-57(78)69-25-19-59(20-26-69)33-71(34-59)37-14-23-68(24-15-37)38-8-10-45-47(28-38)67(3)56(77)73(45)46-11-12-48(75)64-54(46)76/h7-10,27-30,37,39,46,74,79H,4-6,11-26,31-35H2,1-3H3,(H,64,75,76)/t39-,46?,58+,60-/m0/s1. The Bertz CT molecular complexity index is 3570. The number of imide groups is 1. The molecule has 21 heteroatoms. The van der Waals surface area contributed by atoms with Crippen molar-refractivity contribution in [2.45, 2.75) is 127 Å². The zero-order valence-corrected chi connectivity index (χ0v) is 46.4. The Morgan fingerprint density at radius 3 is 2.42 bits per heavy atom. The van der Waals surface area contributed by atoms with Gasteiger partial charge in [-0.3, -0.25) is 38.8 Å². The van der Waals surface area contributed by atoms with Gasteiger partial charge >= 0.3 is 17.8 Å². The number of nitrogens with one attached hydrogen (secondary N) is 1. The van der Waals surface area contributed by atoms with E-state index in [4.69, 9.17) is 19.4 Å². The Morgan fingerprint density at radius 2 is 1.65 bits per heavy atom. The van der Waals surface area contributed by atoms with Gasteiger partial charge in [0.15, 0.2) is 5.82 Å². The second kappa shape index (κ2) is 20.5. The Balaban J connectivity index is 0.624. The molecule has 13 rings (SSSR count). The predicted molar refractivity (Wildman–Crippen MR) is 300 cm³/mol. The molecule has 81 heavy (non-hydrogen) atoms. The van der Waals surface area contributed by atoms with E-state index in [9.17, 15) is 29.4 Å². The fourth-order valence-corrected chi connectivity index (χ4v) is 15.0. The number of amides is 3. The summed E-state index contributed by atoms with van der Waals surface area (Å²) in [6.07, 6.45) is 10.7. The third kappa shape index (κ3) is 9.49. The van der Waals surface area contributed by atoms with Crippen molar-refractivity contribution >= 4 is 62.1 Å². The van der Waals surface area contributed by atoms with E-state index in [1.165, 1.54) is 29.0 Å². The highest BCUT2D eigenvalue weighted by Gasteiger charge is 2.51. The first-order valence-corrected chi connectivity index (χ1v) is 29.1. The number of carbonyl (C=O) groups excluding carboxylic acids is 3. The van der Waals surface area contributed by atoms with Gasteiger partial charge in [-0.25, -0.2) is 18.4 Å². The van der Waals surface area contributed by atoms with Gasteiger partial charge in [-0.1, -0.05) is 13.0 Å². The topological polar surface area (TPSA) is 204 Å². The maximum atomic E-state index is 17.3. The second-order valence-corrected chi connectivity index (χ2v) is 24.5. The number of hydrogen-bond donors (Lipinski definition) is 3. The van der Waals surface area contributed by atoms with Crippen LogP contribution >= 0.6 is 0 Å². The first kappa shape index (κ1) is 53.3. The number of likely N-dealkylation sites (tertiary alicyclic amines) is 2. The Labute approximate surface area is 467 Å². The van der Waals surface area contributed by atoms with Gasteiger partial charge in [-0.2, -0.15) is 9.97 Å². The largest absolute Gasteiger partial charge is 0.508 e. The van der Waals surface area contributed by atoms with Crippen molar-refractivity contribution in [2.75, 3.05) is 81.9 Å². The number of aromatic nitrogens is 5. The number of aliphatic hydroxyl groups is 1. The molecule has 428 valence electrons. The summed E-state index contributed by atoms with van der Waals surface area (Å²) >= 11 is 0. The third-order valence-electron chi connectivity index (χ3n) is 19.4. The Hall–Kier alpha value is -6.97. The first-order chi connectivity index (χ1) is 39.0. The summed E-state index contributed by atoms with van der Waals surface area (Å²) in [5.41, 5.74) is 1.58. The van der Waals surface area contributed by atoms with E-state index < -0.39 is 29.2 Å². The monoisotopic (exact) mass is 1110 g/mol. The fourth-order valence-electron chi connectivity index (χ4n) is 15.0. The molecule has 7 saturated heterocycles. The van der Waals surface area contributed by atoms with Gasteiger partial charge in [0.25, 0.3) is 0 Å². The lowest BCUT2D eigenvalue weighted by Gasteiger charge is -2.57. The van der Waals surface area contributed by atoms with Crippen molar-refractivity contribution in [3.05, 3.63) is 76.3 Å². The van der Waals surface area contributed by atoms with Gasteiger partial charge in [0.1, 0.15) is 47.9 Å². The van der Waals surface area contributed by atoms with E-state index in [0.717, 1.165) is 95.3 Å². The van der Waals surface area contributed by atoms with Crippen molar-refractivity contribution in [2.24, 2.45) is 12.5 Å². The highest BCUT2D eigenvalue weighted by atomic mass is 19.1. The number of piperidine rings is 4. The number of β-amino-alcohol motifs (C(OH)–C–C–N with tert-alkyl or cyclic N) is 1. The number of aromatic hydroxyl groups is 1. The van der Waals surface area contributed by atoms with Crippen LogP contribution in [0.25, 0.3) is 44.0 Å². The van der Waals surface area contributed by atoms with E-state index in [2.05, 4.69) is 25.0 Å². The molecule has 6 aromatic rings. The summed E-state index contributed by atoms with van der Waals surface area (Å²) in [5.74, 6) is -1.65. The van der Waals surface area contributed by atoms with E-state index >= 15 is 8.78 Å². The number of phenols is 1. The summed E-state index contributed by atoms with van der Waals surface area (Å²) in [7, 11) is 1.73. The minimum Gasteiger partial charge on any atom is -0.508 e. The molecule has 0 saturated carbocycles. The quantitative estimate of drug-likeness (QED) is 0.112. The summed E-state index contributed by atoms with van der Waals surface area (Å²) < 4.78 is 48.3. The number of nitrogens with zero attached hydrogens (tertiary/aromatic N) is 10. The van der Waals surface area contributed by atoms with Crippen LogP contribution in [0.5, 0.6) is 11.8 Å². The maximum absolute atomic E-state index is 17.3. The fraction of sp³-hybridized carbons (Fsp3) is 0.550. The lowest BCUT2D eigenvalue weighted by Crippen LogP contribution is -2.64. The van der Waals surface area contributed by atoms with Crippen LogP contribution in [0.3, 0.4) is 0 Å². The number of carbonyl (C=O) groups is 3. The molecule has 0 bridgehead atoms. The van der Waals surface area contributed by atoms with Gasteiger partial charge in [0.05, 0.1) is 27.6 Å². The van der Waals surface area contributed by atoms with Crippen LogP contribution < -0.4 is 25.5 Å². The molecule has 0 radical (unpaired) electrons. The number of halogens is 2. The molecule has 10 heterocycles. The molecule has 1 spiro atoms. The van der Waals surface area contributed by atoms with E-state index in [0.29, 0.717) is 84.4 Å². The van der Waals surface area contributed by atoms with Crippen molar-refractivity contribution in [3.8, 4) is 23.0 Å². The second-order valence-electron chi connectivity index (χ2n) is 24.5. The lowest BCUT2D eigenvalue weighted by atomic mass is 9.71. The van der Waals surface area contributed by atoms with E-state index in [1.807, 2.05) is 34.9 Å². The molecule has 3 aromatic heterocycles. The van der Waals surface area contributed by atoms with Crippen molar-refractivity contribution < 1.29 is 42.9 Å². The number of ether oxygens (including phenoxy) is 2. The van der Waals surface area contributed by atoms with Gasteiger partial charge < -0.3 is 34.4 Å². The van der Waals surface area contributed by atoms with Crippen molar-refractivity contribution in [1.82, 2.24) is 44.1 Å². The molecular formula is C60H71F2N11O8. The van der Waals surface area contributed by atoms with Crippen molar-refractivity contribution in [1.29, 1.82) is 0 Å². The van der Waals surface area contributed by atoms with Crippen LogP contribution in [0.2, 0.25) is 0 Å². The molecule has 1 unspecified atom stereocenters. The highest BCUT2D eigenvalue weighted by Crippen LogP contribution is 2.46. The van der Waals surface area contributed by atoms with Crippen LogP contribution in [0.4, 0.5) is 25.1 Å². The molecule has 3 aromatic carbocycles. The number of anilines is 2. The van der Waals surface area contributed by atoms with Crippen LogP contribution in [0.1, 0.15) is 103 Å². The number of rotatable bonds is 11. The van der Waals surface area contributed by atoms with Crippen LogP contribution in [0.15, 0.2) is 53.5 Å². The van der Waals surface area contributed by atoms with Crippen LogP contribution in [0, 0.1) is 17.0 Å². The van der Waals surface area contributed by atoms with Crippen LogP contribution in [-0.4, -0.2) is 162 Å². The number of benzene rings is 3. The predicted octanol–water partition coefficient (Wildman–Crippen LogP) is 6.95. The average Bonchev–Trinajstić information content (AvgIpc) is 4.22. The number of aryl methyl sites for hydroxylation is 2. The Kier molecular flexibility index (Phi) is 13.5. The number of hydrogen-bond acceptors (Lipinski definition) is 15. The third-order valence-corrected chi connectivity index (χ3v) is 19.4. The normalized spacial score (nSPS) is 25.5. The molecule has 19 nitrogen and oxygen atoms in total. The summed E-state index contributed by atoms with van der Waals surface area (Å²) in [4.78, 5) is 76.9. The first-order valence-electron chi connectivity index (χ1n) is 29.1. The van der Waals surface area contributed by atoms with E-state index in [1.54, 1.807) is 24.6 Å². The number of phenolic OH excluding ortho intramolecular Hbond substituents is 1. The summed E-state index contributed by atoms with van der Waals surface area (Å²) in [5, 5.41) is 25.7. The zero-order valence-electron chi connectivity index (χ0n) is 46.4. The highest BCUT2D eigenvalue weighted by molar-refractivity contribution is 6.02. The van der Waals surface area contributed by atoms with Gasteiger partial charge in [-0.05, 0) is 149 Å². The molecule has 4 atom stereocenters. The average molecular weight is 1110 g/mol. The summed E-state index contributed by atoms with van der Waals surface area (Å²) in [6.45, 7) is 10.9. The van der Waals surface area contributed by atoms with Crippen molar-refractivity contribution in [3.63, 3.8) is 0 Å².